The van der Waals surface area contributed by atoms with Crippen LogP contribution in [-0.4, -0.2) is 27.5 Å². The monoisotopic (exact) mass is 298 g/mol. The predicted octanol–water partition coefficient (Wildman–Crippen LogP) is -0.0907. The van der Waals surface area contributed by atoms with Gasteiger partial charge < -0.3 is 15.8 Å². The molecule has 1 aromatic carbocycles. The van der Waals surface area contributed by atoms with Crippen LogP contribution in [0.2, 0.25) is 0 Å². The second kappa shape index (κ2) is 5.68. The molecule has 0 spiro atoms. The summed E-state index contributed by atoms with van der Waals surface area (Å²) in [5, 5.41) is 8.20. The zero-order valence-corrected chi connectivity index (χ0v) is 12.0. The van der Waals surface area contributed by atoms with E-state index in [4.69, 9.17) is 15.6 Å². The van der Waals surface area contributed by atoms with E-state index in [0.29, 0.717) is 17.6 Å². The predicted molar refractivity (Wildman–Crippen MR) is 75.9 cm³/mol. The van der Waals surface area contributed by atoms with E-state index >= 15 is 0 Å². The number of nitrogens with two attached hydrogens (primary N) is 2. The molecule has 8 heteroatoms. The summed E-state index contributed by atoms with van der Waals surface area (Å²) in [4.78, 5) is 4.11. The lowest BCUT2D eigenvalue weighted by Gasteiger charge is -2.08. The summed E-state index contributed by atoms with van der Waals surface area (Å²) in [7, 11) is -2.45. The van der Waals surface area contributed by atoms with E-state index in [1.165, 1.54) is 13.2 Å². The lowest BCUT2D eigenvalue weighted by molar-refractivity contribution is 0.402. The Morgan fingerprint density at radius 3 is 2.75 bits per heavy atom. The Morgan fingerprint density at radius 1 is 1.50 bits per heavy atom. The number of ether oxygens (including phenoxy) is 1. The third-order valence-electron chi connectivity index (χ3n) is 2.90. The van der Waals surface area contributed by atoms with Crippen molar-refractivity contribution >= 4 is 16.0 Å². The molecule has 7 nitrogen and oxygen atoms in total. The van der Waals surface area contributed by atoms with Crippen molar-refractivity contribution in [3.63, 3.8) is 0 Å². The molecule has 0 bridgehead atoms. The van der Waals surface area contributed by atoms with E-state index in [9.17, 15) is 8.42 Å². The van der Waals surface area contributed by atoms with Gasteiger partial charge in [-0.1, -0.05) is 6.07 Å². The van der Waals surface area contributed by atoms with Crippen LogP contribution in [0.3, 0.4) is 0 Å². The van der Waals surface area contributed by atoms with Crippen LogP contribution in [0, 0.1) is 0 Å². The largest absolute Gasteiger partial charge is 0.495 e. The van der Waals surface area contributed by atoms with Crippen molar-refractivity contribution in [2.75, 3.05) is 7.11 Å². The van der Waals surface area contributed by atoms with Crippen LogP contribution in [-0.2, 0) is 16.6 Å². The van der Waals surface area contributed by atoms with Crippen molar-refractivity contribution in [1.82, 2.24) is 5.32 Å². The summed E-state index contributed by atoms with van der Waals surface area (Å²) in [6, 6.07) is 5.15. The number of methoxy groups -OCH3 is 1. The summed E-state index contributed by atoms with van der Waals surface area (Å²) in [6.45, 7) is 0.276. The Kier molecular flexibility index (Phi) is 4.15. The van der Waals surface area contributed by atoms with Gasteiger partial charge in [-0.3, -0.25) is 0 Å². The van der Waals surface area contributed by atoms with E-state index < -0.39 is 10.0 Å². The van der Waals surface area contributed by atoms with Gasteiger partial charge in [0.15, 0.2) is 5.96 Å². The molecule has 1 fully saturated rings. The zero-order chi connectivity index (χ0) is 14.8. The van der Waals surface area contributed by atoms with Crippen LogP contribution in [0.5, 0.6) is 5.75 Å². The lowest BCUT2D eigenvalue weighted by Crippen LogP contribution is -2.33. The third-order valence-corrected chi connectivity index (χ3v) is 3.83. The van der Waals surface area contributed by atoms with Gasteiger partial charge in [0, 0.05) is 6.04 Å². The molecule has 0 aromatic heterocycles. The summed E-state index contributed by atoms with van der Waals surface area (Å²) >= 11 is 0. The molecule has 0 atom stereocenters. The number of guanidine groups is 1. The topological polar surface area (TPSA) is 120 Å². The van der Waals surface area contributed by atoms with Gasteiger partial charge in [0.1, 0.15) is 10.6 Å². The Bertz CT molecular complexity index is 624. The molecule has 0 radical (unpaired) electrons. The first kappa shape index (κ1) is 14.6. The highest BCUT2D eigenvalue weighted by Gasteiger charge is 2.21. The van der Waals surface area contributed by atoms with Crippen molar-refractivity contribution < 1.29 is 13.2 Å². The normalized spacial score (nSPS) is 16.0. The summed E-state index contributed by atoms with van der Waals surface area (Å²) in [5.74, 6) is 0.574. The van der Waals surface area contributed by atoms with Crippen molar-refractivity contribution in [3.8, 4) is 5.75 Å². The minimum atomic E-state index is -3.84. The van der Waals surface area contributed by atoms with Crippen LogP contribution in [0.4, 0.5) is 0 Å². The van der Waals surface area contributed by atoms with Crippen LogP contribution in [0.1, 0.15) is 18.4 Å². The zero-order valence-electron chi connectivity index (χ0n) is 11.2. The molecule has 0 amide bonds. The average Bonchev–Trinajstić information content (AvgIpc) is 3.19. The second-order valence-corrected chi connectivity index (χ2v) is 6.18. The number of nitrogens with one attached hydrogen (secondary N) is 1. The molecule has 0 saturated heterocycles. The molecule has 1 saturated carbocycles. The fourth-order valence-electron chi connectivity index (χ4n) is 1.70. The number of hydrogen-bond acceptors (Lipinski definition) is 4. The summed E-state index contributed by atoms with van der Waals surface area (Å²) in [5.41, 5.74) is 6.40. The fourth-order valence-corrected chi connectivity index (χ4v) is 2.45. The van der Waals surface area contributed by atoms with E-state index in [2.05, 4.69) is 10.3 Å². The Morgan fingerprint density at radius 2 is 2.20 bits per heavy atom. The highest BCUT2D eigenvalue weighted by molar-refractivity contribution is 7.89. The number of aliphatic imine (C=N–C) groups is 1. The number of benzene rings is 1. The van der Waals surface area contributed by atoms with Gasteiger partial charge in [-0.05, 0) is 30.5 Å². The molecule has 20 heavy (non-hydrogen) atoms. The average molecular weight is 298 g/mol. The first-order chi connectivity index (χ1) is 9.40. The molecule has 0 heterocycles. The van der Waals surface area contributed by atoms with E-state index in [1.54, 1.807) is 12.1 Å². The molecule has 5 N–H and O–H groups in total. The van der Waals surface area contributed by atoms with Crippen LogP contribution < -0.4 is 20.9 Å². The number of sulfonamides is 1. The maximum Gasteiger partial charge on any atom is 0.241 e. The first-order valence-electron chi connectivity index (χ1n) is 6.16. The lowest BCUT2D eigenvalue weighted by atomic mass is 10.2. The van der Waals surface area contributed by atoms with Gasteiger partial charge in [-0.15, -0.1) is 0 Å². The van der Waals surface area contributed by atoms with Crippen molar-refractivity contribution in [2.24, 2.45) is 15.9 Å². The molecule has 0 aliphatic heterocycles. The maximum absolute atomic E-state index is 11.5. The van der Waals surface area contributed by atoms with Gasteiger partial charge in [-0.2, -0.15) is 0 Å². The SMILES string of the molecule is COc1ccc(CN=C(N)NC2CC2)cc1S(N)(=O)=O. The highest BCUT2D eigenvalue weighted by atomic mass is 32.2. The number of rotatable bonds is 5. The van der Waals surface area contributed by atoms with Crippen LogP contribution in [0.25, 0.3) is 0 Å². The van der Waals surface area contributed by atoms with Crippen LogP contribution >= 0.6 is 0 Å². The number of primary sulfonamides is 1. The molecule has 1 aliphatic carbocycles. The molecule has 2 rings (SSSR count). The smallest absolute Gasteiger partial charge is 0.241 e. The van der Waals surface area contributed by atoms with E-state index in [-0.39, 0.29) is 17.2 Å². The second-order valence-electron chi connectivity index (χ2n) is 4.65. The molecule has 1 aliphatic rings. The molecule has 0 unspecified atom stereocenters. The van der Waals surface area contributed by atoms with Crippen molar-refractivity contribution in [3.05, 3.63) is 23.8 Å². The van der Waals surface area contributed by atoms with Gasteiger partial charge in [0.25, 0.3) is 0 Å². The Labute approximate surface area is 118 Å². The van der Waals surface area contributed by atoms with Gasteiger partial charge in [0.05, 0.1) is 13.7 Å². The number of hydrogen-bond donors (Lipinski definition) is 3. The molecule has 110 valence electrons. The quantitative estimate of drug-likeness (QED) is 0.518. The standard InChI is InChI=1S/C12H18N4O3S/c1-19-10-5-2-8(6-11(10)20(14,17)18)7-15-12(13)16-9-3-4-9/h2,5-6,9H,3-4,7H2,1H3,(H3,13,15,16)(H2,14,17,18). The maximum atomic E-state index is 11.5. The molecule has 1 aromatic rings. The molecular weight excluding hydrogens is 280 g/mol. The van der Waals surface area contributed by atoms with Crippen molar-refractivity contribution in [1.29, 1.82) is 0 Å². The van der Waals surface area contributed by atoms with Gasteiger partial charge in [0.2, 0.25) is 10.0 Å². The number of nitrogens with zero attached hydrogens (tertiary/aromatic N) is 1. The van der Waals surface area contributed by atoms with Crippen LogP contribution in [0.15, 0.2) is 28.1 Å². The van der Waals surface area contributed by atoms with Crippen molar-refractivity contribution in [2.45, 2.75) is 30.3 Å². The summed E-state index contributed by atoms with van der Waals surface area (Å²) < 4.78 is 27.9. The fraction of sp³-hybridized carbons (Fsp3) is 0.417. The third kappa shape index (κ3) is 3.84. The minimum Gasteiger partial charge on any atom is -0.495 e. The minimum absolute atomic E-state index is 0.0542. The van der Waals surface area contributed by atoms with E-state index in [1.807, 2.05) is 0 Å². The summed E-state index contributed by atoms with van der Waals surface area (Å²) in [6.07, 6.45) is 2.21. The Balaban J connectivity index is 2.16. The van der Waals surface area contributed by atoms with Gasteiger partial charge >= 0.3 is 0 Å². The van der Waals surface area contributed by atoms with E-state index in [0.717, 1.165) is 12.8 Å². The first-order valence-corrected chi connectivity index (χ1v) is 7.71. The molecular formula is C12H18N4O3S. The highest BCUT2D eigenvalue weighted by Crippen LogP contribution is 2.24. The van der Waals surface area contributed by atoms with Gasteiger partial charge in [-0.25, -0.2) is 18.5 Å². The Hall–Kier alpha value is -1.80.